The summed E-state index contributed by atoms with van der Waals surface area (Å²) in [6, 6.07) is 3.11. The molecule has 0 bridgehead atoms. The maximum absolute atomic E-state index is 9.48. The summed E-state index contributed by atoms with van der Waals surface area (Å²) in [4.78, 5) is 2.56. The van der Waals surface area contributed by atoms with Crippen LogP contribution >= 0.6 is 0 Å². The van der Waals surface area contributed by atoms with Crippen molar-refractivity contribution in [3.8, 4) is 6.07 Å². The first kappa shape index (κ1) is 14.8. The summed E-state index contributed by atoms with van der Waals surface area (Å²) < 4.78 is 5.55. The molecule has 108 valence electrons. The van der Waals surface area contributed by atoms with Crippen LogP contribution in [-0.2, 0) is 4.74 Å². The van der Waals surface area contributed by atoms with Gasteiger partial charge in [0.25, 0.3) is 0 Å². The zero-order valence-electron chi connectivity index (χ0n) is 12.3. The van der Waals surface area contributed by atoms with Crippen LogP contribution in [0.15, 0.2) is 0 Å². The third-order valence-corrected chi connectivity index (χ3v) is 5.05. The normalized spacial score (nSPS) is 36.3. The summed E-state index contributed by atoms with van der Waals surface area (Å²) in [5, 5.41) is 12.8. The minimum atomic E-state index is -0.270. The molecule has 19 heavy (non-hydrogen) atoms. The lowest BCUT2D eigenvalue weighted by Gasteiger charge is -2.37. The van der Waals surface area contributed by atoms with Gasteiger partial charge in [-0.25, -0.2) is 0 Å². The average Bonchev–Trinajstić information content (AvgIpc) is 2.88. The number of nitrogens with zero attached hydrogens (tertiary/aromatic N) is 2. The molecule has 1 aliphatic heterocycles. The Kier molecular flexibility index (Phi) is 5.20. The summed E-state index contributed by atoms with van der Waals surface area (Å²) >= 11 is 0. The van der Waals surface area contributed by atoms with Crippen LogP contribution in [0, 0.1) is 17.2 Å². The first-order valence-electron chi connectivity index (χ1n) is 7.67. The average molecular weight is 265 g/mol. The van der Waals surface area contributed by atoms with Gasteiger partial charge < -0.3 is 10.1 Å². The van der Waals surface area contributed by atoms with Crippen LogP contribution in [0.2, 0.25) is 0 Å². The molecule has 1 aliphatic carbocycles. The summed E-state index contributed by atoms with van der Waals surface area (Å²) in [5.41, 5.74) is -0.270. The maximum Gasteiger partial charge on any atom is 0.109 e. The quantitative estimate of drug-likeness (QED) is 0.823. The second-order valence-electron chi connectivity index (χ2n) is 5.88. The summed E-state index contributed by atoms with van der Waals surface area (Å²) in [5.74, 6) is 0.503. The molecule has 4 nitrogen and oxygen atoms in total. The molecule has 1 saturated carbocycles. The zero-order valence-corrected chi connectivity index (χ0v) is 12.3. The van der Waals surface area contributed by atoms with Gasteiger partial charge in [-0.3, -0.25) is 4.90 Å². The molecule has 4 heteroatoms. The Morgan fingerprint density at radius 1 is 1.53 bits per heavy atom. The van der Waals surface area contributed by atoms with E-state index in [-0.39, 0.29) is 5.54 Å². The lowest BCUT2D eigenvalue weighted by Crippen LogP contribution is -2.48. The van der Waals surface area contributed by atoms with Crippen molar-refractivity contribution in [3.63, 3.8) is 0 Å². The number of rotatable bonds is 5. The van der Waals surface area contributed by atoms with Gasteiger partial charge in [0.1, 0.15) is 5.54 Å². The van der Waals surface area contributed by atoms with E-state index < -0.39 is 0 Å². The molecule has 0 aromatic rings. The third kappa shape index (κ3) is 3.10. The van der Waals surface area contributed by atoms with Crippen LogP contribution in [0.1, 0.15) is 39.0 Å². The highest BCUT2D eigenvalue weighted by Gasteiger charge is 2.41. The Labute approximate surface area is 117 Å². The van der Waals surface area contributed by atoms with E-state index in [1.54, 1.807) is 0 Å². The molecule has 3 atom stereocenters. The number of morpholine rings is 1. The fraction of sp³-hybridized carbons (Fsp3) is 0.933. The minimum absolute atomic E-state index is 0.270. The van der Waals surface area contributed by atoms with Gasteiger partial charge in [-0.15, -0.1) is 0 Å². The van der Waals surface area contributed by atoms with Crippen molar-refractivity contribution in [1.29, 1.82) is 5.26 Å². The van der Waals surface area contributed by atoms with E-state index >= 15 is 0 Å². The lowest BCUT2D eigenvalue weighted by atomic mass is 9.86. The van der Waals surface area contributed by atoms with Crippen LogP contribution in [0.3, 0.4) is 0 Å². The van der Waals surface area contributed by atoms with Crippen molar-refractivity contribution < 1.29 is 4.74 Å². The predicted octanol–water partition coefficient (Wildman–Crippen LogP) is 1.77. The smallest absolute Gasteiger partial charge is 0.109 e. The number of hydrogen-bond acceptors (Lipinski definition) is 4. The number of ether oxygens (including phenoxy) is 1. The SMILES string of the molecule is CCC1COCCN1CCC1CCCC1(C#N)NC. The standard InChI is InChI=1S/C15H27N3O/c1-3-14-11-19-10-9-18(14)8-6-13-5-4-7-15(13,12-16)17-2/h13-14,17H,3-11H2,1-2H3. The van der Waals surface area contributed by atoms with E-state index in [2.05, 4.69) is 23.2 Å². The fourth-order valence-corrected chi connectivity index (χ4v) is 3.68. The third-order valence-electron chi connectivity index (χ3n) is 5.05. The lowest BCUT2D eigenvalue weighted by molar-refractivity contribution is -0.0115. The first-order chi connectivity index (χ1) is 9.25. The Hall–Kier alpha value is -0.630. The molecule has 3 unspecified atom stereocenters. The molecule has 0 radical (unpaired) electrons. The first-order valence-corrected chi connectivity index (χ1v) is 7.67. The van der Waals surface area contributed by atoms with Gasteiger partial charge in [-0.1, -0.05) is 13.3 Å². The summed E-state index contributed by atoms with van der Waals surface area (Å²) in [7, 11) is 1.94. The molecule has 1 N–H and O–H groups in total. The molecule has 0 aromatic heterocycles. The Morgan fingerprint density at radius 3 is 3.05 bits per heavy atom. The summed E-state index contributed by atoms with van der Waals surface area (Å²) in [6.07, 6.45) is 5.66. The van der Waals surface area contributed by atoms with Crippen molar-refractivity contribution >= 4 is 0 Å². The second kappa shape index (κ2) is 6.69. The van der Waals surface area contributed by atoms with E-state index in [1.807, 2.05) is 7.05 Å². The predicted molar refractivity (Wildman–Crippen MR) is 75.8 cm³/mol. The molecule has 0 spiro atoms. The van der Waals surface area contributed by atoms with E-state index in [0.717, 1.165) is 45.6 Å². The highest BCUT2D eigenvalue weighted by molar-refractivity contribution is 5.13. The zero-order chi connectivity index (χ0) is 13.7. The van der Waals surface area contributed by atoms with Gasteiger partial charge in [0.2, 0.25) is 0 Å². The molecule has 1 saturated heterocycles. The molecule has 2 aliphatic rings. The monoisotopic (exact) mass is 265 g/mol. The second-order valence-corrected chi connectivity index (χ2v) is 5.88. The topological polar surface area (TPSA) is 48.3 Å². The van der Waals surface area contributed by atoms with Crippen LogP contribution in [0.25, 0.3) is 0 Å². The highest BCUT2D eigenvalue weighted by atomic mass is 16.5. The van der Waals surface area contributed by atoms with E-state index in [9.17, 15) is 5.26 Å². The highest BCUT2D eigenvalue weighted by Crippen LogP contribution is 2.37. The molecule has 1 heterocycles. The van der Waals surface area contributed by atoms with Gasteiger partial charge in [0.05, 0.1) is 19.3 Å². The Balaban J connectivity index is 1.89. The molecule has 0 amide bonds. The van der Waals surface area contributed by atoms with E-state index in [0.29, 0.717) is 12.0 Å². The fourth-order valence-electron chi connectivity index (χ4n) is 3.68. The maximum atomic E-state index is 9.48. The van der Waals surface area contributed by atoms with Crippen LogP contribution in [0.4, 0.5) is 0 Å². The van der Waals surface area contributed by atoms with Crippen LogP contribution in [-0.4, -0.2) is 49.8 Å². The number of hydrogen-bond donors (Lipinski definition) is 1. The molecule has 2 rings (SSSR count). The van der Waals surface area contributed by atoms with Crippen molar-refractivity contribution in [2.75, 3.05) is 33.4 Å². The van der Waals surface area contributed by atoms with Crippen LogP contribution < -0.4 is 5.32 Å². The van der Waals surface area contributed by atoms with Gasteiger partial charge in [0, 0.05) is 12.6 Å². The van der Waals surface area contributed by atoms with Crippen molar-refractivity contribution in [1.82, 2.24) is 10.2 Å². The van der Waals surface area contributed by atoms with Gasteiger partial charge in [-0.2, -0.15) is 5.26 Å². The van der Waals surface area contributed by atoms with E-state index in [1.165, 1.54) is 12.8 Å². The molecule has 2 fully saturated rings. The van der Waals surface area contributed by atoms with Gasteiger partial charge >= 0.3 is 0 Å². The summed E-state index contributed by atoms with van der Waals surface area (Å²) in [6.45, 7) is 6.12. The Bertz CT molecular complexity index is 328. The number of nitrogens with one attached hydrogen (secondary N) is 1. The van der Waals surface area contributed by atoms with Crippen LogP contribution in [0.5, 0.6) is 0 Å². The van der Waals surface area contributed by atoms with Gasteiger partial charge in [0.15, 0.2) is 0 Å². The van der Waals surface area contributed by atoms with E-state index in [4.69, 9.17) is 4.74 Å². The molecule has 0 aromatic carbocycles. The number of nitriles is 1. The van der Waals surface area contributed by atoms with Crippen molar-refractivity contribution in [2.45, 2.75) is 50.6 Å². The molecular formula is C15H27N3O. The Morgan fingerprint density at radius 2 is 2.37 bits per heavy atom. The molecular weight excluding hydrogens is 238 g/mol. The minimum Gasteiger partial charge on any atom is -0.378 e. The van der Waals surface area contributed by atoms with Crippen molar-refractivity contribution in [2.24, 2.45) is 5.92 Å². The largest absolute Gasteiger partial charge is 0.378 e. The van der Waals surface area contributed by atoms with Crippen molar-refractivity contribution in [3.05, 3.63) is 0 Å². The van der Waals surface area contributed by atoms with Gasteiger partial charge in [-0.05, 0) is 45.2 Å².